The molecule has 0 saturated carbocycles. The Hall–Kier alpha value is -1.30. The fourth-order valence-electron chi connectivity index (χ4n) is 4.01. The number of primary amides is 1. The molecular formula is C18H25Cl2N3O2. The molecule has 2 aliphatic heterocycles. The minimum absolute atomic E-state index is 0. The number of piperidine rings is 1. The Morgan fingerprint density at radius 2 is 1.96 bits per heavy atom. The summed E-state index contributed by atoms with van der Waals surface area (Å²) in [5.74, 6) is -0.369. The molecule has 2 aliphatic rings. The number of carbonyl (C=O) groups is 2. The summed E-state index contributed by atoms with van der Waals surface area (Å²) >= 11 is 6.02. The molecule has 0 radical (unpaired) electrons. The van der Waals surface area contributed by atoms with E-state index < -0.39 is 11.4 Å². The van der Waals surface area contributed by atoms with Gasteiger partial charge in [-0.1, -0.05) is 23.7 Å². The molecule has 2 heterocycles. The lowest BCUT2D eigenvalue weighted by atomic mass is 9.87. The number of nitrogens with two attached hydrogens (primary N) is 1. The molecule has 4 N–H and O–H groups in total. The highest BCUT2D eigenvalue weighted by Gasteiger charge is 2.38. The summed E-state index contributed by atoms with van der Waals surface area (Å²) in [5.41, 5.74) is 4.92. The van der Waals surface area contributed by atoms with E-state index >= 15 is 0 Å². The molecule has 2 amide bonds. The fraction of sp³-hybridized carbons (Fsp3) is 0.556. The second-order valence-electron chi connectivity index (χ2n) is 7.23. The molecule has 3 rings (SSSR count). The quantitative estimate of drug-likeness (QED) is 0.727. The SMILES string of the molecule is CC(NC(=O)CC1CC2CCC(C1)N2)(C(N)=O)c1cccc(Cl)c1.Cl. The van der Waals surface area contributed by atoms with Crippen molar-refractivity contribution in [2.75, 3.05) is 0 Å². The van der Waals surface area contributed by atoms with E-state index in [0.29, 0.717) is 35.0 Å². The van der Waals surface area contributed by atoms with E-state index in [1.165, 1.54) is 12.8 Å². The Kier molecular flexibility index (Phi) is 6.35. The maximum absolute atomic E-state index is 12.6. The first-order valence-electron chi connectivity index (χ1n) is 8.50. The van der Waals surface area contributed by atoms with Gasteiger partial charge in [-0.25, -0.2) is 0 Å². The second-order valence-corrected chi connectivity index (χ2v) is 7.66. The van der Waals surface area contributed by atoms with Crippen LogP contribution in [-0.4, -0.2) is 23.9 Å². The number of carbonyl (C=O) groups excluding carboxylic acids is 2. The largest absolute Gasteiger partial charge is 0.367 e. The van der Waals surface area contributed by atoms with Crippen molar-refractivity contribution in [2.24, 2.45) is 11.7 Å². The normalized spacial score (nSPS) is 27.0. The van der Waals surface area contributed by atoms with Gasteiger partial charge in [-0.3, -0.25) is 9.59 Å². The summed E-state index contributed by atoms with van der Waals surface area (Å²) in [5, 5.41) is 6.92. The number of hydrogen-bond acceptors (Lipinski definition) is 3. The van der Waals surface area contributed by atoms with Gasteiger partial charge in [0.1, 0.15) is 5.54 Å². The van der Waals surface area contributed by atoms with Crippen molar-refractivity contribution in [2.45, 2.75) is 56.7 Å². The van der Waals surface area contributed by atoms with Crippen LogP contribution in [0.25, 0.3) is 0 Å². The molecule has 5 nitrogen and oxygen atoms in total. The first-order chi connectivity index (χ1) is 11.4. The van der Waals surface area contributed by atoms with Gasteiger partial charge >= 0.3 is 0 Å². The average Bonchev–Trinajstić information content (AvgIpc) is 2.85. The summed E-state index contributed by atoms with van der Waals surface area (Å²) < 4.78 is 0. The van der Waals surface area contributed by atoms with Crippen LogP contribution < -0.4 is 16.4 Å². The first-order valence-corrected chi connectivity index (χ1v) is 8.87. The monoisotopic (exact) mass is 385 g/mol. The third-order valence-corrected chi connectivity index (χ3v) is 5.56. The van der Waals surface area contributed by atoms with Gasteiger partial charge in [-0.15, -0.1) is 12.4 Å². The van der Waals surface area contributed by atoms with Gasteiger partial charge < -0.3 is 16.4 Å². The maximum Gasteiger partial charge on any atom is 0.247 e. The van der Waals surface area contributed by atoms with Crippen molar-refractivity contribution < 1.29 is 9.59 Å². The summed E-state index contributed by atoms with van der Waals surface area (Å²) in [7, 11) is 0. The lowest BCUT2D eigenvalue weighted by molar-refractivity contribution is -0.132. The number of rotatable bonds is 5. The van der Waals surface area contributed by atoms with E-state index in [1.807, 2.05) is 0 Å². The third-order valence-electron chi connectivity index (χ3n) is 5.33. The molecule has 1 aromatic rings. The average molecular weight is 386 g/mol. The number of hydrogen-bond donors (Lipinski definition) is 3. The molecule has 7 heteroatoms. The molecular weight excluding hydrogens is 361 g/mol. The number of nitrogens with one attached hydrogen (secondary N) is 2. The van der Waals surface area contributed by atoms with E-state index in [4.69, 9.17) is 17.3 Å². The molecule has 2 fully saturated rings. The standard InChI is InChI=1S/C18H24ClN3O2.ClH/c1-18(17(20)24,12-3-2-4-13(19)10-12)22-16(23)9-11-7-14-5-6-15(8-11)21-14;/h2-4,10-11,14-15,21H,5-9H2,1H3,(H2,20,24)(H,22,23);1H. The predicted octanol–water partition coefficient (Wildman–Crippen LogP) is 2.50. The van der Waals surface area contributed by atoms with Crippen molar-refractivity contribution in [3.05, 3.63) is 34.9 Å². The van der Waals surface area contributed by atoms with Gasteiger partial charge in [0.25, 0.3) is 0 Å². The predicted molar refractivity (Wildman–Crippen MR) is 101 cm³/mol. The number of amides is 2. The van der Waals surface area contributed by atoms with Gasteiger partial charge in [-0.2, -0.15) is 0 Å². The Balaban J connectivity index is 0.00000225. The van der Waals surface area contributed by atoms with Gasteiger partial charge in [-0.05, 0) is 56.2 Å². The maximum atomic E-state index is 12.6. The number of benzene rings is 1. The molecule has 3 atom stereocenters. The van der Waals surface area contributed by atoms with Crippen molar-refractivity contribution in [3.63, 3.8) is 0 Å². The first kappa shape index (κ1) is 20.0. The van der Waals surface area contributed by atoms with Crippen LogP contribution in [0.2, 0.25) is 5.02 Å². The topological polar surface area (TPSA) is 84.2 Å². The molecule has 1 aromatic carbocycles. The molecule has 0 aromatic heterocycles. The molecule has 3 unspecified atom stereocenters. The van der Waals surface area contributed by atoms with Gasteiger partial charge in [0.15, 0.2) is 0 Å². The van der Waals surface area contributed by atoms with Crippen LogP contribution in [0.5, 0.6) is 0 Å². The highest BCUT2D eigenvalue weighted by Crippen LogP contribution is 2.33. The van der Waals surface area contributed by atoms with E-state index in [2.05, 4.69) is 10.6 Å². The van der Waals surface area contributed by atoms with Crippen LogP contribution in [0.1, 0.15) is 44.6 Å². The second kappa shape index (κ2) is 7.94. The zero-order valence-corrected chi connectivity index (χ0v) is 15.8. The van der Waals surface area contributed by atoms with Crippen molar-refractivity contribution in [1.82, 2.24) is 10.6 Å². The Bertz CT molecular complexity index is 643. The Morgan fingerprint density at radius 3 is 2.52 bits per heavy atom. The van der Waals surface area contributed by atoms with E-state index in [0.717, 1.165) is 12.8 Å². The molecule has 2 bridgehead atoms. The van der Waals surface area contributed by atoms with Gasteiger partial charge in [0, 0.05) is 23.5 Å². The zero-order valence-electron chi connectivity index (χ0n) is 14.3. The third kappa shape index (κ3) is 4.46. The van der Waals surface area contributed by atoms with Gasteiger partial charge in [0.2, 0.25) is 11.8 Å². The van der Waals surface area contributed by atoms with Crippen LogP contribution in [0, 0.1) is 5.92 Å². The zero-order chi connectivity index (χ0) is 17.3. The Labute approximate surface area is 159 Å². The van der Waals surface area contributed by atoms with Crippen LogP contribution in [0.15, 0.2) is 24.3 Å². The van der Waals surface area contributed by atoms with Crippen LogP contribution in [0.4, 0.5) is 0 Å². The number of fused-ring (bicyclic) bond motifs is 2. The summed E-state index contributed by atoms with van der Waals surface area (Å²) in [6, 6.07) is 7.96. The molecule has 2 saturated heterocycles. The van der Waals surface area contributed by atoms with E-state index in [-0.39, 0.29) is 18.3 Å². The fourth-order valence-corrected chi connectivity index (χ4v) is 4.20. The Morgan fingerprint density at radius 1 is 1.32 bits per heavy atom. The summed E-state index contributed by atoms with van der Waals surface area (Å²) in [4.78, 5) is 24.6. The van der Waals surface area contributed by atoms with Crippen LogP contribution >= 0.6 is 24.0 Å². The lowest BCUT2D eigenvalue weighted by Gasteiger charge is -2.31. The van der Waals surface area contributed by atoms with Crippen molar-refractivity contribution in [3.8, 4) is 0 Å². The van der Waals surface area contributed by atoms with Crippen molar-refractivity contribution in [1.29, 1.82) is 0 Å². The minimum Gasteiger partial charge on any atom is -0.367 e. The molecule has 25 heavy (non-hydrogen) atoms. The number of halogens is 2. The van der Waals surface area contributed by atoms with Gasteiger partial charge in [0.05, 0.1) is 0 Å². The summed E-state index contributed by atoms with van der Waals surface area (Å²) in [6.45, 7) is 1.63. The van der Waals surface area contributed by atoms with Crippen LogP contribution in [0.3, 0.4) is 0 Å². The highest BCUT2D eigenvalue weighted by atomic mass is 35.5. The minimum atomic E-state index is -1.26. The highest BCUT2D eigenvalue weighted by molar-refractivity contribution is 6.30. The lowest BCUT2D eigenvalue weighted by Crippen LogP contribution is -2.53. The summed E-state index contributed by atoms with van der Waals surface area (Å²) in [6.07, 6.45) is 4.87. The van der Waals surface area contributed by atoms with E-state index in [9.17, 15) is 9.59 Å². The smallest absolute Gasteiger partial charge is 0.247 e. The van der Waals surface area contributed by atoms with Crippen LogP contribution in [-0.2, 0) is 15.1 Å². The molecule has 138 valence electrons. The van der Waals surface area contributed by atoms with E-state index in [1.54, 1.807) is 31.2 Å². The van der Waals surface area contributed by atoms with Crippen molar-refractivity contribution >= 4 is 35.8 Å². The molecule has 0 aliphatic carbocycles. The molecule has 0 spiro atoms.